The molecule has 3 rings (SSSR count). The van der Waals surface area contributed by atoms with Crippen LogP contribution in [0.25, 0.3) is 0 Å². The van der Waals surface area contributed by atoms with Crippen LogP contribution in [-0.2, 0) is 0 Å². The first-order valence-electron chi connectivity index (χ1n) is 5.99. The molecule has 1 heteroatoms. The molecule has 0 aromatic rings. The molecule has 0 spiro atoms. The summed E-state index contributed by atoms with van der Waals surface area (Å²) in [4.78, 5) is 0. The molecule has 0 heterocycles. The highest BCUT2D eigenvalue weighted by Gasteiger charge is 2.54. The molecule has 13 heavy (non-hydrogen) atoms. The van der Waals surface area contributed by atoms with Gasteiger partial charge in [0.2, 0.25) is 0 Å². The summed E-state index contributed by atoms with van der Waals surface area (Å²) >= 11 is 0. The second kappa shape index (κ2) is 2.50. The summed E-state index contributed by atoms with van der Waals surface area (Å²) in [6.07, 6.45) is 7.29. The molecule has 0 aliphatic heterocycles. The van der Waals surface area contributed by atoms with E-state index in [0.29, 0.717) is 5.41 Å². The van der Waals surface area contributed by atoms with E-state index in [-0.39, 0.29) is 0 Å². The number of nitrogens with one attached hydrogen (secondary N) is 1. The number of hydrogen-bond donors (Lipinski definition) is 1. The Kier molecular flexibility index (Phi) is 1.59. The summed E-state index contributed by atoms with van der Waals surface area (Å²) in [5.74, 6) is 2.21. The zero-order chi connectivity index (χ0) is 9.05. The molecule has 0 radical (unpaired) electrons. The van der Waals surface area contributed by atoms with Crippen LogP contribution >= 0.6 is 0 Å². The largest absolute Gasteiger partial charge is 0.310 e. The second-order valence-corrected chi connectivity index (χ2v) is 5.77. The zero-order valence-electron chi connectivity index (χ0n) is 8.84. The van der Waals surface area contributed by atoms with Gasteiger partial charge in [0, 0.05) is 12.1 Å². The van der Waals surface area contributed by atoms with Crippen molar-refractivity contribution >= 4 is 0 Å². The van der Waals surface area contributed by atoms with Gasteiger partial charge in [-0.2, -0.15) is 0 Å². The van der Waals surface area contributed by atoms with E-state index >= 15 is 0 Å². The molecule has 0 aromatic heterocycles. The highest BCUT2D eigenvalue weighted by Crippen LogP contribution is 2.54. The molecule has 0 amide bonds. The minimum absolute atomic E-state index is 0.660. The maximum absolute atomic E-state index is 3.89. The molecular formula is C12H21N. The molecule has 1 nitrogen and oxygen atoms in total. The quantitative estimate of drug-likeness (QED) is 0.702. The summed E-state index contributed by atoms with van der Waals surface area (Å²) < 4.78 is 0. The maximum Gasteiger partial charge on any atom is 0.0130 e. The molecule has 74 valence electrons. The van der Waals surface area contributed by atoms with Crippen molar-refractivity contribution in [2.24, 2.45) is 17.3 Å². The smallest absolute Gasteiger partial charge is 0.0130 e. The Morgan fingerprint density at radius 1 is 1.38 bits per heavy atom. The van der Waals surface area contributed by atoms with Crippen LogP contribution < -0.4 is 5.32 Å². The van der Waals surface area contributed by atoms with Gasteiger partial charge >= 0.3 is 0 Å². The van der Waals surface area contributed by atoms with Crippen LogP contribution in [0.1, 0.15) is 46.0 Å². The normalized spacial score (nSPS) is 57.7. The van der Waals surface area contributed by atoms with Gasteiger partial charge in [0.1, 0.15) is 0 Å². The molecule has 3 aliphatic rings. The molecule has 3 saturated carbocycles. The first-order chi connectivity index (χ1) is 6.23. The lowest BCUT2D eigenvalue weighted by Gasteiger charge is -2.16. The molecule has 3 aliphatic carbocycles. The van der Waals surface area contributed by atoms with Gasteiger partial charge in [0.15, 0.2) is 0 Å². The number of fused-ring (bicyclic) bond motifs is 1. The van der Waals surface area contributed by atoms with Gasteiger partial charge < -0.3 is 5.32 Å². The predicted octanol–water partition coefficient (Wildman–Crippen LogP) is 2.56. The van der Waals surface area contributed by atoms with Gasteiger partial charge in [0.25, 0.3) is 0 Å². The van der Waals surface area contributed by atoms with Crippen LogP contribution in [0.2, 0.25) is 0 Å². The number of hydrogen-bond acceptors (Lipinski definition) is 1. The van der Waals surface area contributed by atoms with E-state index in [4.69, 9.17) is 0 Å². The summed E-state index contributed by atoms with van der Waals surface area (Å²) in [5.41, 5.74) is 0.660. The van der Waals surface area contributed by atoms with Crippen molar-refractivity contribution in [3.8, 4) is 0 Å². The molecule has 0 aromatic carbocycles. The average Bonchev–Trinajstić information content (AvgIpc) is 2.98. The van der Waals surface area contributed by atoms with Crippen LogP contribution in [0.5, 0.6) is 0 Å². The van der Waals surface area contributed by atoms with E-state index in [2.05, 4.69) is 19.2 Å². The van der Waals surface area contributed by atoms with Crippen molar-refractivity contribution in [2.75, 3.05) is 0 Å². The standard InChI is InChI=1S/C12H21N/c1-3-12(2)7-11(12)13-10-5-4-8-6-9(8)10/h8-11,13H,3-7H2,1-2H3/t8-,9+,10?,11?,12?/m1/s1. The monoisotopic (exact) mass is 179 g/mol. The molecule has 0 saturated heterocycles. The molecular weight excluding hydrogens is 158 g/mol. The van der Waals surface area contributed by atoms with Crippen molar-refractivity contribution in [3.63, 3.8) is 0 Å². The fourth-order valence-corrected chi connectivity index (χ4v) is 3.23. The van der Waals surface area contributed by atoms with Crippen molar-refractivity contribution in [1.29, 1.82) is 0 Å². The third-order valence-corrected chi connectivity index (χ3v) is 4.92. The van der Waals surface area contributed by atoms with Gasteiger partial charge in [-0.05, 0) is 49.4 Å². The van der Waals surface area contributed by atoms with E-state index in [1.165, 1.54) is 32.1 Å². The maximum atomic E-state index is 3.89. The summed E-state index contributed by atoms with van der Waals surface area (Å²) in [6, 6.07) is 1.77. The van der Waals surface area contributed by atoms with E-state index < -0.39 is 0 Å². The van der Waals surface area contributed by atoms with Gasteiger partial charge in [-0.1, -0.05) is 13.8 Å². The molecule has 3 unspecified atom stereocenters. The van der Waals surface area contributed by atoms with Crippen LogP contribution in [0, 0.1) is 17.3 Å². The minimum Gasteiger partial charge on any atom is -0.310 e. The lowest BCUT2D eigenvalue weighted by atomic mass is 10.1. The van der Waals surface area contributed by atoms with Crippen LogP contribution in [0.4, 0.5) is 0 Å². The molecule has 1 N–H and O–H groups in total. The minimum atomic E-state index is 0.660. The van der Waals surface area contributed by atoms with Crippen LogP contribution in [-0.4, -0.2) is 12.1 Å². The Labute approximate surface area is 81.3 Å². The van der Waals surface area contributed by atoms with E-state index in [1.807, 2.05) is 0 Å². The first-order valence-corrected chi connectivity index (χ1v) is 5.99. The topological polar surface area (TPSA) is 12.0 Å². The highest BCUT2D eigenvalue weighted by atomic mass is 15.0. The Morgan fingerprint density at radius 2 is 2.23 bits per heavy atom. The second-order valence-electron chi connectivity index (χ2n) is 5.77. The van der Waals surface area contributed by atoms with Crippen molar-refractivity contribution < 1.29 is 0 Å². The Bertz CT molecular complexity index is 225. The molecule has 5 atom stereocenters. The fourth-order valence-electron chi connectivity index (χ4n) is 3.23. The lowest BCUT2D eigenvalue weighted by Crippen LogP contribution is -2.33. The van der Waals surface area contributed by atoms with Crippen LogP contribution in [0.3, 0.4) is 0 Å². The van der Waals surface area contributed by atoms with Crippen LogP contribution in [0.15, 0.2) is 0 Å². The van der Waals surface area contributed by atoms with Gasteiger partial charge in [0.05, 0.1) is 0 Å². The van der Waals surface area contributed by atoms with E-state index in [9.17, 15) is 0 Å². The summed E-state index contributed by atoms with van der Waals surface area (Å²) in [5, 5.41) is 3.89. The highest BCUT2D eigenvalue weighted by molar-refractivity contribution is 5.09. The molecule has 3 fully saturated rings. The van der Waals surface area contributed by atoms with Crippen molar-refractivity contribution in [1.82, 2.24) is 5.32 Å². The summed E-state index contributed by atoms with van der Waals surface area (Å²) in [6.45, 7) is 4.76. The average molecular weight is 179 g/mol. The third-order valence-electron chi connectivity index (χ3n) is 4.92. The van der Waals surface area contributed by atoms with Crippen molar-refractivity contribution in [2.45, 2.75) is 58.0 Å². The Balaban J connectivity index is 1.54. The first kappa shape index (κ1) is 8.28. The van der Waals surface area contributed by atoms with Crippen molar-refractivity contribution in [3.05, 3.63) is 0 Å². The predicted molar refractivity (Wildman–Crippen MR) is 54.6 cm³/mol. The lowest BCUT2D eigenvalue weighted by molar-refractivity contribution is 0.412. The third kappa shape index (κ3) is 1.24. The molecule has 0 bridgehead atoms. The zero-order valence-corrected chi connectivity index (χ0v) is 8.84. The van der Waals surface area contributed by atoms with E-state index in [1.54, 1.807) is 0 Å². The number of rotatable bonds is 3. The Morgan fingerprint density at radius 3 is 2.69 bits per heavy atom. The Hall–Kier alpha value is -0.0400. The van der Waals surface area contributed by atoms with Gasteiger partial charge in [-0.3, -0.25) is 0 Å². The van der Waals surface area contributed by atoms with Gasteiger partial charge in [-0.15, -0.1) is 0 Å². The van der Waals surface area contributed by atoms with E-state index in [0.717, 1.165) is 23.9 Å². The summed E-state index contributed by atoms with van der Waals surface area (Å²) in [7, 11) is 0. The fraction of sp³-hybridized carbons (Fsp3) is 1.00. The SMILES string of the molecule is CCC1(C)CC1NC1CC[C@@H]2C[C@H]12. The van der Waals surface area contributed by atoms with Gasteiger partial charge in [-0.25, -0.2) is 0 Å².